The first-order valence-corrected chi connectivity index (χ1v) is 15.0. The molecule has 2 heteroatoms. The van der Waals surface area contributed by atoms with E-state index in [4.69, 9.17) is 0 Å². The zero-order valence-electron chi connectivity index (χ0n) is 22.9. The molecule has 2 unspecified atom stereocenters. The molecule has 0 aliphatic rings. The van der Waals surface area contributed by atoms with Crippen LogP contribution in [0.4, 0.5) is 0 Å². The number of benzene rings is 2. The average molecular weight is 488 g/mol. The molecule has 3 aromatic rings. The van der Waals surface area contributed by atoms with Crippen molar-refractivity contribution in [1.29, 1.82) is 0 Å². The molecule has 0 aliphatic carbocycles. The predicted octanol–water partition coefficient (Wildman–Crippen LogP) is 9.74. The Labute approximate surface area is 221 Å². The third-order valence-electron chi connectivity index (χ3n) is 7.79. The number of nitrogens with one attached hydrogen (secondary N) is 1. The van der Waals surface area contributed by atoms with Crippen LogP contribution in [0.3, 0.4) is 0 Å². The Morgan fingerprint density at radius 2 is 1.17 bits per heavy atom. The van der Waals surface area contributed by atoms with Gasteiger partial charge in [-0.1, -0.05) is 151 Å². The van der Waals surface area contributed by atoms with Gasteiger partial charge in [0.2, 0.25) is 6.33 Å². The van der Waals surface area contributed by atoms with E-state index in [1.54, 1.807) is 0 Å². The molecule has 2 nitrogen and oxygen atoms in total. The predicted molar refractivity (Wildman–Crippen MR) is 154 cm³/mol. The smallest absolute Gasteiger partial charge is 0.241 e. The minimum Gasteiger partial charge on any atom is -0.250 e. The normalized spacial score (nSPS) is 13.0. The van der Waals surface area contributed by atoms with Gasteiger partial charge in [-0.3, -0.25) is 4.98 Å². The van der Waals surface area contributed by atoms with Gasteiger partial charge in [0.1, 0.15) is 18.4 Å². The van der Waals surface area contributed by atoms with Gasteiger partial charge >= 0.3 is 0 Å². The molecule has 0 saturated heterocycles. The lowest BCUT2D eigenvalue weighted by Crippen LogP contribution is -2.41. The molecule has 0 radical (unpaired) electrons. The highest BCUT2D eigenvalue weighted by Gasteiger charge is 2.28. The highest BCUT2D eigenvalue weighted by atomic mass is 15.1. The number of unbranched alkanes of at least 4 members (excludes halogenated alkanes) is 13. The van der Waals surface area contributed by atoms with Crippen LogP contribution in [0.15, 0.2) is 79.4 Å². The Morgan fingerprint density at radius 1 is 0.639 bits per heavy atom. The average Bonchev–Trinajstić information content (AvgIpc) is 3.46. The van der Waals surface area contributed by atoms with E-state index >= 15 is 0 Å². The molecule has 1 heterocycles. The second-order valence-corrected chi connectivity index (χ2v) is 10.7. The number of hydrogen-bond acceptors (Lipinski definition) is 0. The largest absolute Gasteiger partial charge is 0.250 e. The van der Waals surface area contributed by atoms with Gasteiger partial charge in [-0.05, 0) is 30.4 Å². The lowest BCUT2D eigenvalue weighted by Gasteiger charge is -2.26. The van der Waals surface area contributed by atoms with Gasteiger partial charge in [-0.25, -0.2) is 4.57 Å². The maximum Gasteiger partial charge on any atom is 0.241 e. The van der Waals surface area contributed by atoms with E-state index in [1.807, 2.05) is 0 Å². The van der Waals surface area contributed by atoms with Crippen molar-refractivity contribution in [3.63, 3.8) is 0 Å². The summed E-state index contributed by atoms with van der Waals surface area (Å²) in [5, 5.41) is 0. The molecule has 36 heavy (non-hydrogen) atoms. The van der Waals surface area contributed by atoms with E-state index in [0.717, 1.165) is 6.42 Å². The Kier molecular flexibility index (Phi) is 14.1. The van der Waals surface area contributed by atoms with Crippen LogP contribution in [0.25, 0.3) is 0 Å². The zero-order valence-corrected chi connectivity index (χ0v) is 22.9. The molecule has 3 rings (SSSR count). The third kappa shape index (κ3) is 10.7. The summed E-state index contributed by atoms with van der Waals surface area (Å²) in [6.07, 6.45) is 28.5. The Balaban J connectivity index is 1.41. The van der Waals surface area contributed by atoms with Crippen molar-refractivity contribution in [1.82, 2.24) is 4.98 Å². The van der Waals surface area contributed by atoms with Gasteiger partial charge in [0.15, 0.2) is 0 Å². The maximum absolute atomic E-state index is 3.30. The number of aromatic amines is 1. The number of hydrogen-bond donors (Lipinski definition) is 1. The van der Waals surface area contributed by atoms with Crippen molar-refractivity contribution < 1.29 is 4.57 Å². The van der Waals surface area contributed by atoms with Crippen LogP contribution < -0.4 is 4.57 Å². The highest BCUT2D eigenvalue weighted by molar-refractivity contribution is 5.25. The Bertz CT molecular complexity index is 872. The second-order valence-electron chi connectivity index (χ2n) is 10.7. The molecule has 0 amide bonds. The molecule has 196 valence electrons. The summed E-state index contributed by atoms with van der Waals surface area (Å²) in [7, 11) is 0. The highest BCUT2D eigenvalue weighted by Crippen LogP contribution is 2.32. The van der Waals surface area contributed by atoms with E-state index in [1.165, 1.54) is 107 Å². The summed E-state index contributed by atoms with van der Waals surface area (Å²) in [6.45, 7) is 2.30. The van der Waals surface area contributed by atoms with Crippen LogP contribution >= 0.6 is 0 Å². The summed E-state index contributed by atoms with van der Waals surface area (Å²) in [5.41, 5.74) is 2.87. The second kappa shape index (κ2) is 18.0. The van der Waals surface area contributed by atoms with E-state index < -0.39 is 0 Å². The Morgan fingerprint density at radius 3 is 1.69 bits per heavy atom. The van der Waals surface area contributed by atoms with Crippen molar-refractivity contribution in [3.05, 3.63) is 90.5 Å². The SMILES string of the molecule is CCCCCCCCCCCCCCCCC(C(Cc1ccccc1)c1ccccc1)[n+]1cc[nH]c1. The Hall–Kier alpha value is -2.35. The van der Waals surface area contributed by atoms with E-state index in [2.05, 4.69) is 95.9 Å². The van der Waals surface area contributed by atoms with Crippen LogP contribution in [0.1, 0.15) is 126 Å². The number of aromatic nitrogens is 2. The first-order chi connectivity index (χ1) is 17.9. The minimum atomic E-state index is 0.469. The molecule has 1 aromatic heterocycles. The monoisotopic (exact) mass is 487 g/mol. The van der Waals surface area contributed by atoms with Gasteiger partial charge in [0.05, 0.1) is 0 Å². The zero-order chi connectivity index (χ0) is 25.1. The first-order valence-electron chi connectivity index (χ1n) is 15.0. The fourth-order valence-electron chi connectivity index (χ4n) is 5.66. The fraction of sp³-hybridized carbons (Fsp3) is 0.559. The molecule has 0 bridgehead atoms. The molecule has 1 N–H and O–H groups in total. The quantitative estimate of drug-likeness (QED) is 0.121. The molecule has 0 fully saturated rings. The van der Waals surface area contributed by atoms with Gasteiger partial charge in [-0.2, -0.15) is 0 Å². The van der Waals surface area contributed by atoms with Crippen LogP contribution in [-0.4, -0.2) is 4.98 Å². The summed E-state index contributed by atoms with van der Waals surface area (Å²) in [6, 6.07) is 22.6. The van der Waals surface area contributed by atoms with E-state index in [-0.39, 0.29) is 0 Å². The van der Waals surface area contributed by atoms with Crippen LogP contribution in [0.5, 0.6) is 0 Å². The van der Waals surface area contributed by atoms with E-state index in [0.29, 0.717) is 12.0 Å². The van der Waals surface area contributed by atoms with Gasteiger partial charge in [0, 0.05) is 5.92 Å². The third-order valence-corrected chi connectivity index (χ3v) is 7.79. The molecule has 2 aromatic carbocycles. The number of imidazole rings is 1. The standard InChI is InChI=1S/C34H50N2/c1-2-3-4-5-6-7-8-9-10-11-12-13-14-21-26-34(36-28-27-35-30-36)33(32-24-19-16-20-25-32)29-31-22-17-15-18-23-31/h15-20,22-25,27-28,30,33-34H,2-14,21,26,29H2,1H3/p+1. The number of H-pyrrole nitrogens is 1. The summed E-state index contributed by atoms with van der Waals surface area (Å²) in [4.78, 5) is 3.30. The van der Waals surface area contributed by atoms with Gasteiger partial charge in [0.25, 0.3) is 0 Å². The molecule has 0 saturated carbocycles. The fourth-order valence-corrected chi connectivity index (χ4v) is 5.66. The molecular formula is C34H51N2+. The summed E-state index contributed by atoms with van der Waals surface area (Å²) < 4.78 is 2.42. The summed E-state index contributed by atoms with van der Waals surface area (Å²) in [5.74, 6) is 0.469. The molecular weight excluding hydrogens is 436 g/mol. The van der Waals surface area contributed by atoms with Crippen molar-refractivity contribution >= 4 is 0 Å². The van der Waals surface area contributed by atoms with E-state index in [9.17, 15) is 0 Å². The summed E-state index contributed by atoms with van der Waals surface area (Å²) >= 11 is 0. The molecule has 0 spiro atoms. The molecule has 0 aliphatic heterocycles. The molecule has 2 atom stereocenters. The van der Waals surface area contributed by atoms with Crippen molar-refractivity contribution in [2.45, 2.75) is 122 Å². The van der Waals surface area contributed by atoms with Crippen molar-refractivity contribution in [2.75, 3.05) is 0 Å². The topological polar surface area (TPSA) is 19.7 Å². The minimum absolute atomic E-state index is 0.469. The first kappa shape index (κ1) is 28.2. The number of rotatable bonds is 20. The van der Waals surface area contributed by atoms with Crippen LogP contribution in [0.2, 0.25) is 0 Å². The van der Waals surface area contributed by atoms with Crippen molar-refractivity contribution in [2.24, 2.45) is 0 Å². The lowest BCUT2D eigenvalue weighted by molar-refractivity contribution is -0.725. The lowest BCUT2D eigenvalue weighted by atomic mass is 9.83. The van der Waals surface area contributed by atoms with Crippen LogP contribution in [-0.2, 0) is 6.42 Å². The van der Waals surface area contributed by atoms with Crippen LogP contribution in [0, 0.1) is 0 Å². The van der Waals surface area contributed by atoms with Gasteiger partial charge in [-0.15, -0.1) is 0 Å². The number of nitrogens with zero attached hydrogens (tertiary/aromatic N) is 1. The van der Waals surface area contributed by atoms with Crippen molar-refractivity contribution in [3.8, 4) is 0 Å². The van der Waals surface area contributed by atoms with Gasteiger partial charge < -0.3 is 0 Å². The maximum atomic E-state index is 3.30.